The maximum absolute atomic E-state index is 11.4. The lowest BCUT2D eigenvalue weighted by atomic mass is 10.1. The lowest BCUT2D eigenvalue weighted by Crippen LogP contribution is -2.41. The smallest absolute Gasteiger partial charge is 0.234 e. The number of amides is 1. The number of carbonyl (C=O) groups excluding carboxylic acids is 1. The second kappa shape index (κ2) is 5.03. The highest BCUT2D eigenvalue weighted by Gasteiger charge is 2.23. The van der Waals surface area contributed by atoms with Crippen LogP contribution in [0.2, 0.25) is 0 Å². The Kier molecular flexibility index (Phi) is 3.70. The van der Waals surface area contributed by atoms with E-state index in [-0.39, 0.29) is 5.91 Å². The summed E-state index contributed by atoms with van der Waals surface area (Å²) in [6.45, 7) is 0.506. The van der Waals surface area contributed by atoms with Crippen molar-refractivity contribution in [1.29, 1.82) is 0 Å². The van der Waals surface area contributed by atoms with Crippen LogP contribution in [0.15, 0.2) is 0 Å². The highest BCUT2D eigenvalue weighted by Crippen LogP contribution is 2.18. The van der Waals surface area contributed by atoms with Crippen molar-refractivity contribution in [3.05, 3.63) is 0 Å². The average molecular weight is 214 g/mol. The van der Waals surface area contributed by atoms with Crippen LogP contribution in [-0.4, -0.2) is 36.0 Å². The van der Waals surface area contributed by atoms with Gasteiger partial charge >= 0.3 is 0 Å². The van der Waals surface area contributed by atoms with E-state index in [1.165, 1.54) is 37.2 Å². The molecule has 0 radical (unpaired) electrons. The van der Waals surface area contributed by atoms with Crippen LogP contribution >= 0.6 is 11.8 Å². The van der Waals surface area contributed by atoms with Crippen molar-refractivity contribution in [2.45, 2.75) is 37.8 Å². The van der Waals surface area contributed by atoms with Gasteiger partial charge in [0, 0.05) is 12.1 Å². The molecule has 2 N–H and O–H groups in total. The van der Waals surface area contributed by atoms with E-state index in [9.17, 15) is 4.79 Å². The van der Waals surface area contributed by atoms with Crippen LogP contribution in [-0.2, 0) is 4.79 Å². The molecule has 4 heteroatoms. The molecule has 2 aliphatic rings. The molecule has 0 bridgehead atoms. The van der Waals surface area contributed by atoms with Crippen molar-refractivity contribution >= 4 is 17.7 Å². The number of nitrogens with one attached hydrogen (secondary N) is 2. The van der Waals surface area contributed by atoms with Gasteiger partial charge < -0.3 is 10.6 Å². The lowest BCUT2D eigenvalue weighted by molar-refractivity contribution is -0.120. The number of hydrogen-bond acceptors (Lipinski definition) is 3. The minimum atomic E-state index is 0.172. The Hall–Kier alpha value is -0.220. The fourth-order valence-electron chi connectivity index (χ4n) is 1.65. The first-order valence-corrected chi connectivity index (χ1v) is 6.60. The van der Waals surface area contributed by atoms with E-state index in [1.807, 2.05) is 11.8 Å². The Labute approximate surface area is 89.4 Å². The molecule has 1 aliphatic heterocycles. The minimum Gasteiger partial charge on any atom is -0.352 e. The van der Waals surface area contributed by atoms with Crippen LogP contribution in [0.25, 0.3) is 0 Å². The summed E-state index contributed by atoms with van der Waals surface area (Å²) < 4.78 is 0. The molecule has 1 aliphatic carbocycles. The molecule has 0 aromatic rings. The summed E-state index contributed by atoms with van der Waals surface area (Å²) >= 11 is 2.01. The van der Waals surface area contributed by atoms with Gasteiger partial charge in [-0.15, -0.1) is 0 Å². The standard InChI is InChI=1S/C10H18N2OS/c13-10(12-9-1-2-9)7-11-8-3-5-14-6-4-8/h8-9,11H,1-7H2,(H,12,13). The molecular weight excluding hydrogens is 196 g/mol. The van der Waals surface area contributed by atoms with Gasteiger partial charge in [0.15, 0.2) is 0 Å². The van der Waals surface area contributed by atoms with Gasteiger partial charge in [-0.05, 0) is 37.2 Å². The summed E-state index contributed by atoms with van der Waals surface area (Å²) in [7, 11) is 0. The van der Waals surface area contributed by atoms with Gasteiger partial charge in [-0.2, -0.15) is 11.8 Å². The molecule has 2 rings (SSSR count). The lowest BCUT2D eigenvalue weighted by Gasteiger charge is -2.22. The van der Waals surface area contributed by atoms with Crippen molar-refractivity contribution in [2.75, 3.05) is 18.1 Å². The first kappa shape index (κ1) is 10.3. The molecule has 3 nitrogen and oxygen atoms in total. The topological polar surface area (TPSA) is 41.1 Å². The summed E-state index contributed by atoms with van der Waals surface area (Å²) in [4.78, 5) is 11.4. The molecule has 2 fully saturated rings. The molecule has 1 saturated heterocycles. The predicted molar refractivity (Wildman–Crippen MR) is 59.5 cm³/mol. The maximum atomic E-state index is 11.4. The van der Waals surface area contributed by atoms with Crippen LogP contribution in [0.3, 0.4) is 0 Å². The van der Waals surface area contributed by atoms with Crippen molar-refractivity contribution in [2.24, 2.45) is 0 Å². The van der Waals surface area contributed by atoms with Gasteiger partial charge in [0.25, 0.3) is 0 Å². The Bertz CT molecular complexity index is 200. The summed E-state index contributed by atoms with van der Waals surface area (Å²) in [5.74, 6) is 2.65. The van der Waals surface area contributed by atoms with Crippen molar-refractivity contribution in [1.82, 2.24) is 10.6 Å². The number of thioether (sulfide) groups is 1. The van der Waals surface area contributed by atoms with E-state index >= 15 is 0 Å². The summed E-state index contributed by atoms with van der Waals surface area (Å²) in [5.41, 5.74) is 0. The zero-order chi connectivity index (χ0) is 9.80. The predicted octanol–water partition coefficient (Wildman–Crippen LogP) is 0.750. The van der Waals surface area contributed by atoms with Crippen LogP contribution in [0, 0.1) is 0 Å². The van der Waals surface area contributed by atoms with Crippen LogP contribution in [0.1, 0.15) is 25.7 Å². The van der Waals surface area contributed by atoms with Gasteiger partial charge in [-0.1, -0.05) is 0 Å². The van der Waals surface area contributed by atoms with E-state index in [2.05, 4.69) is 10.6 Å². The SMILES string of the molecule is O=C(CNC1CCSCC1)NC1CC1. The Morgan fingerprint density at radius 3 is 2.50 bits per heavy atom. The van der Waals surface area contributed by atoms with E-state index < -0.39 is 0 Å². The minimum absolute atomic E-state index is 0.172. The van der Waals surface area contributed by atoms with Crippen LogP contribution in [0.5, 0.6) is 0 Å². The molecule has 14 heavy (non-hydrogen) atoms. The van der Waals surface area contributed by atoms with Crippen LogP contribution in [0.4, 0.5) is 0 Å². The third-order valence-electron chi connectivity index (χ3n) is 2.72. The Morgan fingerprint density at radius 2 is 1.86 bits per heavy atom. The van der Waals surface area contributed by atoms with Crippen molar-refractivity contribution in [3.8, 4) is 0 Å². The first-order chi connectivity index (χ1) is 6.84. The zero-order valence-corrected chi connectivity index (χ0v) is 9.24. The summed E-state index contributed by atoms with van der Waals surface area (Å²) in [5, 5.41) is 6.32. The third kappa shape index (κ3) is 3.50. The molecular formula is C10H18N2OS. The van der Waals surface area contributed by atoms with Crippen LogP contribution < -0.4 is 10.6 Å². The van der Waals surface area contributed by atoms with Gasteiger partial charge in [0.05, 0.1) is 6.54 Å². The Balaban J connectivity index is 1.57. The highest BCUT2D eigenvalue weighted by molar-refractivity contribution is 7.99. The van der Waals surface area contributed by atoms with Gasteiger partial charge in [-0.3, -0.25) is 4.79 Å². The normalized spacial score (nSPS) is 23.4. The molecule has 0 atom stereocenters. The van der Waals surface area contributed by atoms with Gasteiger partial charge in [0.2, 0.25) is 5.91 Å². The summed E-state index contributed by atoms with van der Waals surface area (Å²) in [6, 6.07) is 1.06. The van der Waals surface area contributed by atoms with Gasteiger partial charge in [-0.25, -0.2) is 0 Å². The second-order valence-electron chi connectivity index (χ2n) is 4.11. The molecule has 0 aromatic carbocycles. The fraction of sp³-hybridized carbons (Fsp3) is 0.900. The van der Waals surface area contributed by atoms with E-state index in [1.54, 1.807) is 0 Å². The van der Waals surface area contributed by atoms with E-state index in [0.29, 0.717) is 18.6 Å². The zero-order valence-electron chi connectivity index (χ0n) is 8.42. The quantitative estimate of drug-likeness (QED) is 0.725. The molecule has 1 saturated carbocycles. The largest absolute Gasteiger partial charge is 0.352 e. The van der Waals surface area contributed by atoms with Crippen molar-refractivity contribution < 1.29 is 4.79 Å². The molecule has 0 unspecified atom stereocenters. The molecule has 1 heterocycles. The number of rotatable bonds is 4. The highest BCUT2D eigenvalue weighted by atomic mass is 32.2. The third-order valence-corrected chi connectivity index (χ3v) is 3.76. The maximum Gasteiger partial charge on any atom is 0.234 e. The molecule has 80 valence electrons. The van der Waals surface area contributed by atoms with E-state index in [4.69, 9.17) is 0 Å². The monoisotopic (exact) mass is 214 g/mol. The Morgan fingerprint density at radius 1 is 1.14 bits per heavy atom. The fourth-order valence-corrected chi connectivity index (χ4v) is 2.75. The summed E-state index contributed by atoms with van der Waals surface area (Å²) in [6.07, 6.45) is 4.76. The number of hydrogen-bond donors (Lipinski definition) is 2. The molecule has 0 aromatic heterocycles. The van der Waals surface area contributed by atoms with Crippen molar-refractivity contribution in [3.63, 3.8) is 0 Å². The molecule has 0 spiro atoms. The van der Waals surface area contributed by atoms with E-state index in [0.717, 1.165) is 0 Å². The first-order valence-electron chi connectivity index (χ1n) is 5.45. The molecule has 1 amide bonds. The average Bonchev–Trinajstić information content (AvgIpc) is 3.00. The number of carbonyl (C=O) groups is 1. The van der Waals surface area contributed by atoms with Gasteiger partial charge in [0.1, 0.15) is 0 Å². The second-order valence-corrected chi connectivity index (χ2v) is 5.33.